The molecule has 1 heterocycles. The molecule has 0 saturated carbocycles. The molecule has 33 heavy (non-hydrogen) atoms. The minimum Gasteiger partial charge on any atom is -0.494 e. The third-order valence-electron chi connectivity index (χ3n) is 5.96. The molecular weight excluding hydrogens is 434 g/mol. The second-order valence-corrected chi connectivity index (χ2v) is 8.76. The van der Waals surface area contributed by atoms with E-state index in [-0.39, 0.29) is 6.10 Å². The third kappa shape index (κ3) is 7.31. The normalized spacial score (nSPS) is 18.2. The van der Waals surface area contributed by atoms with Gasteiger partial charge in [0.2, 0.25) is 0 Å². The van der Waals surface area contributed by atoms with Gasteiger partial charge in [-0.15, -0.1) is 0 Å². The van der Waals surface area contributed by atoms with Crippen LogP contribution in [0.1, 0.15) is 35.4 Å². The molecular formula is C28H32ClNO3. The molecule has 3 aromatic rings. The van der Waals surface area contributed by atoms with Gasteiger partial charge in [-0.05, 0) is 47.9 Å². The molecule has 2 atom stereocenters. The first-order valence-corrected chi connectivity index (χ1v) is 12.1. The zero-order chi connectivity index (χ0) is 22.7. The van der Waals surface area contributed by atoms with Crippen LogP contribution in [0.15, 0.2) is 78.9 Å². The standard InChI is InChI=1S/C28H32ClNO3/c29-27-10-5-4-9-24(27)21-33-28-19-30-16-15-26(28)23-11-13-25(14-12-23)32-18-6-17-31-20-22-7-2-1-3-8-22/h1-5,7-14,26,28,30H,6,15-21H2. The zero-order valence-corrected chi connectivity index (χ0v) is 19.7. The quantitative estimate of drug-likeness (QED) is 0.353. The van der Waals surface area contributed by atoms with E-state index in [1.807, 2.05) is 42.5 Å². The van der Waals surface area contributed by atoms with Gasteiger partial charge in [0.25, 0.3) is 0 Å². The van der Waals surface area contributed by atoms with E-state index in [2.05, 4.69) is 41.7 Å². The van der Waals surface area contributed by atoms with Gasteiger partial charge in [-0.1, -0.05) is 72.3 Å². The van der Waals surface area contributed by atoms with Gasteiger partial charge in [0.05, 0.1) is 32.5 Å². The molecule has 0 spiro atoms. The molecule has 3 aromatic carbocycles. The van der Waals surface area contributed by atoms with Gasteiger partial charge in [-0.2, -0.15) is 0 Å². The fraction of sp³-hybridized carbons (Fsp3) is 0.357. The van der Waals surface area contributed by atoms with Gasteiger partial charge >= 0.3 is 0 Å². The van der Waals surface area contributed by atoms with Crippen molar-refractivity contribution in [1.29, 1.82) is 0 Å². The molecule has 174 valence electrons. The number of nitrogens with one attached hydrogen (secondary N) is 1. The van der Waals surface area contributed by atoms with E-state index in [1.165, 1.54) is 11.1 Å². The highest BCUT2D eigenvalue weighted by atomic mass is 35.5. The van der Waals surface area contributed by atoms with Crippen molar-refractivity contribution in [2.24, 2.45) is 0 Å². The molecule has 1 fully saturated rings. The van der Waals surface area contributed by atoms with Crippen LogP contribution in [0, 0.1) is 0 Å². The van der Waals surface area contributed by atoms with E-state index in [0.717, 1.165) is 42.3 Å². The summed E-state index contributed by atoms with van der Waals surface area (Å²) in [6.07, 6.45) is 2.02. The zero-order valence-electron chi connectivity index (χ0n) is 18.9. The maximum absolute atomic E-state index is 6.29. The highest BCUT2D eigenvalue weighted by Gasteiger charge is 2.27. The lowest BCUT2D eigenvalue weighted by molar-refractivity contribution is 0.0106. The molecule has 0 radical (unpaired) electrons. The van der Waals surface area contributed by atoms with E-state index in [0.29, 0.717) is 32.3 Å². The second kappa shape index (κ2) is 12.8. The highest BCUT2D eigenvalue weighted by molar-refractivity contribution is 6.31. The van der Waals surface area contributed by atoms with Gasteiger partial charge in [0, 0.05) is 23.9 Å². The van der Waals surface area contributed by atoms with E-state index >= 15 is 0 Å². The molecule has 1 N–H and O–H groups in total. The Morgan fingerprint density at radius 3 is 2.45 bits per heavy atom. The topological polar surface area (TPSA) is 39.7 Å². The number of hydrogen-bond donors (Lipinski definition) is 1. The Bertz CT molecular complexity index is 964. The second-order valence-electron chi connectivity index (χ2n) is 8.35. The molecule has 4 rings (SSSR count). The number of hydrogen-bond acceptors (Lipinski definition) is 4. The largest absolute Gasteiger partial charge is 0.494 e. The van der Waals surface area contributed by atoms with Crippen LogP contribution in [-0.2, 0) is 22.7 Å². The van der Waals surface area contributed by atoms with E-state index in [1.54, 1.807) is 0 Å². The van der Waals surface area contributed by atoms with Crippen LogP contribution in [0.4, 0.5) is 0 Å². The van der Waals surface area contributed by atoms with Crippen molar-refractivity contribution in [3.8, 4) is 5.75 Å². The molecule has 0 amide bonds. The molecule has 1 aliphatic heterocycles. The summed E-state index contributed by atoms with van der Waals surface area (Å²) in [5, 5.41) is 4.21. The smallest absolute Gasteiger partial charge is 0.119 e. The van der Waals surface area contributed by atoms with Crippen LogP contribution < -0.4 is 10.1 Å². The average Bonchev–Trinajstić information content (AvgIpc) is 2.87. The number of benzene rings is 3. The Kier molecular flexibility index (Phi) is 9.19. The van der Waals surface area contributed by atoms with Crippen molar-refractivity contribution in [3.63, 3.8) is 0 Å². The van der Waals surface area contributed by atoms with Crippen molar-refractivity contribution in [2.45, 2.75) is 38.1 Å². The van der Waals surface area contributed by atoms with E-state index in [9.17, 15) is 0 Å². The lowest BCUT2D eigenvalue weighted by atomic mass is 9.87. The molecule has 0 bridgehead atoms. The lowest BCUT2D eigenvalue weighted by Crippen LogP contribution is -2.40. The Labute approximate surface area is 201 Å². The first-order chi connectivity index (χ1) is 16.3. The SMILES string of the molecule is Clc1ccccc1COC1CNCCC1c1ccc(OCCCOCc2ccccc2)cc1. The fourth-order valence-corrected chi connectivity index (χ4v) is 4.32. The van der Waals surface area contributed by atoms with Crippen molar-refractivity contribution >= 4 is 11.6 Å². The summed E-state index contributed by atoms with van der Waals surface area (Å²) >= 11 is 6.29. The predicted octanol–water partition coefficient (Wildman–Crippen LogP) is 5.99. The first-order valence-electron chi connectivity index (χ1n) is 11.7. The summed E-state index contributed by atoms with van der Waals surface area (Å²) in [5.74, 6) is 1.25. The van der Waals surface area contributed by atoms with Crippen LogP contribution in [0.25, 0.3) is 0 Å². The monoisotopic (exact) mass is 465 g/mol. The van der Waals surface area contributed by atoms with Gasteiger partial charge in [0.15, 0.2) is 0 Å². The summed E-state index contributed by atoms with van der Waals surface area (Å²) in [5.41, 5.74) is 3.51. The Hall–Kier alpha value is -2.37. The van der Waals surface area contributed by atoms with Gasteiger partial charge in [-0.3, -0.25) is 0 Å². The number of piperidine rings is 1. The number of ether oxygens (including phenoxy) is 3. The number of rotatable bonds is 11. The summed E-state index contributed by atoms with van der Waals surface area (Å²) < 4.78 is 17.9. The molecule has 4 nitrogen and oxygen atoms in total. The molecule has 5 heteroatoms. The maximum Gasteiger partial charge on any atom is 0.119 e. The van der Waals surface area contributed by atoms with Crippen molar-refractivity contribution < 1.29 is 14.2 Å². The molecule has 1 saturated heterocycles. The average molecular weight is 466 g/mol. The minimum atomic E-state index is 0.114. The van der Waals surface area contributed by atoms with Gasteiger partial charge in [-0.25, -0.2) is 0 Å². The van der Waals surface area contributed by atoms with Gasteiger partial charge < -0.3 is 19.5 Å². The third-order valence-corrected chi connectivity index (χ3v) is 6.33. The van der Waals surface area contributed by atoms with Crippen LogP contribution in [-0.4, -0.2) is 32.4 Å². The van der Waals surface area contributed by atoms with Crippen LogP contribution >= 0.6 is 11.6 Å². The number of halogens is 1. The summed E-state index contributed by atoms with van der Waals surface area (Å²) in [6, 6.07) is 26.6. The lowest BCUT2D eigenvalue weighted by Gasteiger charge is -2.32. The van der Waals surface area contributed by atoms with Crippen LogP contribution in [0.2, 0.25) is 5.02 Å². The van der Waals surface area contributed by atoms with E-state index < -0.39 is 0 Å². The highest BCUT2D eigenvalue weighted by Crippen LogP contribution is 2.30. The molecule has 1 aliphatic rings. The Balaban J connectivity index is 1.22. The van der Waals surface area contributed by atoms with E-state index in [4.69, 9.17) is 25.8 Å². The minimum absolute atomic E-state index is 0.114. The molecule has 0 aliphatic carbocycles. The van der Waals surface area contributed by atoms with Crippen molar-refractivity contribution in [3.05, 3.63) is 101 Å². The van der Waals surface area contributed by atoms with Crippen LogP contribution in [0.5, 0.6) is 5.75 Å². The van der Waals surface area contributed by atoms with Crippen LogP contribution in [0.3, 0.4) is 0 Å². The maximum atomic E-state index is 6.29. The van der Waals surface area contributed by atoms with Crippen molar-refractivity contribution in [1.82, 2.24) is 5.32 Å². The predicted molar refractivity (Wildman–Crippen MR) is 133 cm³/mol. The molecule has 0 aromatic heterocycles. The summed E-state index contributed by atoms with van der Waals surface area (Å²) in [4.78, 5) is 0. The summed E-state index contributed by atoms with van der Waals surface area (Å²) in [7, 11) is 0. The first kappa shape index (κ1) is 23.8. The fourth-order valence-electron chi connectivity index (χ4n) is 4.13. The van der Waals surface area contributed by atoms with Gasteiger partial charge in [0.1, 0.15) is 5.75 Å². The Morgan fingerprint density at radius 1 is 0.848 bits per heavy atom. The summed E-state index contributed by atoms with van der Waals surface area (Å²) in [6.45, 7) is 4.34. The molecule has 2 unspecified atom stereocenters. The Morgan fingerprint density at radius 2 is 1.64 bits per heavy atom. The van der Waals surface area contributed by atoms with Crippen molar-refractivity contribution in [2.75, 3.05) is 26.3 Å².